The maximum atomic E-state index is 2.40. The highest BCUT2D eigenvalue weighted by Crippen LogP contribution is 2.42. The third-order valence-corrected chi connectivity index (χ3v) is 7.09. The lowest BCUT2D eigenvalue weighted by Gasteiger charge is -2.01. The zero-order valence-corrected chi connectivity index (χ0v) is 14.7. The first-order chi connectivity index (χ1) is 10.5. The van der Waals surface area contributed by atoms with Crippen LogP contribution >= 0.6 is 22.7 Å². The standard InChI is InChI=1S/C18H16N2S2/c1-9-5-15-17(19(9)3)11-7-12-14(8-13(11)21-15)22-16-6-10(2)20(4)18(12)16/h5-8H,1-4H3. The molecule has 0 saturated heterocycles. The molecule has 0 saturated carbocycles. The van der Waals surface area contributed by atoms with Crippen molar-refractivity contribution in [3.05, 3.63) is 35.7 Å². The molecule has 5 aromatic rings. The van der Waals surface area contributed by atoms with Gasteiger partial charge in [-0.15, -0.1) is 22.7 Å². The van der Waals surface area contributed by atoms with Crippen LogP contribution in [0.4, 0.5) is 0 Å². The van der Waals surface area contributed by atoms with Gasteiger partial charge in [0.25, 0.3) is 0 Å². The first-order valence-electron chi connectivity index (χ1n) is 7.41. The number of rotatable bonds is 0. The van der Waals surface area contributed by atoms with E-state index in [2.05, 4.69) is 61.3 Å². The fourth-order valence-electron chi connectivity index (χ4n) is 3.51. The van der Waals surface area contributed by atoms with E-state index in [4.69, 9.17) is 0 Å². The van der Waals surface area contributed by atoms with Crippen molar-refractivity contribution in [2.24, 2.45) is 14.1 Å². The number of aryl methyl sites for hydroxylation is 4. The molecular formula is C18H16N2S2. The molecule has 0 fully saturated rings. The van der Waals surface area contributed by atoms with Gasteiger partial charge in [0.05, 0.1) is 20.4 Å². The molecule has 2 nitrogen and oxygen atoms in total. The molecule has 0 atom stereocenters. The number of hydrogen-bond donors (Lipinski definition) is 0. The Hall–Kier alpha value is -1.78. The minimum absolute atomic E-state index is 1.33. The molecule has 0 spiro atoms. The van der Waals surface area contributed by atoms with Crippen LogP contribution in [0.1, 0.15) is 11.4 Å². The van der Waals surface area contributed by atoms with Gasteiger partial charge in [0.15, 0.2) is 0 Å². The lowest BCUT2D eigenvalue weighted by atomic mass is 10.2. The zero-order valence-electron chi connectivity index (χ0n) is 13.0. The number of benzene rings is 1. The second-order valence-electron chi connectivity index (χ2n) is 6.16. The molecule has 22 heavy (non-hydrogen) atoms. The second kappa shape index (κ2) is 3.94. The van der Waals surface area contributed by atoms with E-state index in [0.717, 1.165) is 0 Å². The summed E-state index contributed by atoms with van der Waals surface area (Å²) in [4.78, 5) is 0. The fourth-order valence-corrected chi connectivity index (χ4v) is 6.09. The molecule has 0 bridgehead atoms. The van der Waals surface area contributed by atoms with Crippen molar-refractivity contribution in [2.75, 3.05) is 0 Å². The first-order valence-corrected chi connectivity index (χ1v) is 9.05. The molecule has 0 aliphatic carbocycles. The molecule has 4 heterocycles. The largest absolute Gasteiger partial charge is 0.347 e. The monoisotopic (exact) mass is 324 g/mol. The molecular weight excluding hydrogens is 308 g/mol. The maximum absolute atomic E-state index is 2.40. The van der Waals surface area contributed by atoms with Crippen LogP contribution in [0.5, 0.6) is 0 Å². The molecule has 0 N–H and O–H groups in total. The van der Waals surface area contributed by atoms with Crippen molar-refractivity contribution in [1.29, 1.82) is 0 Å². The SMILES string of the molecule is Cc1cc2sc3cc4sc5cc(C)n(C)c5c4cc3c2n1C. The molecule has 0 aliphatic rings. The van der Waals surface area contributed by atoms with Crippen molar-refractivity contribution in [1.82, 2.24) is 9.13 Å². The predicted molar refractivity (Wildman–Crippen MR) is 99.6 cm³/mol. The third kappa shape index (κ3) is 1.40. The highest BCUT2D eigenvalue weighted by molar-refractivity contribution is 7.28. The smallest absolute Gasteiger partial charge is 0.0669 e. The van der Waals surface area contributed by atoms with Gasteiger partial charge in [0.1, 0.15) is 0 Å². The van der Waals surface area contributed by atoms with Crippen LogP contribution in [0.25, 0.3) is 40.6 Å². The van der Waals surface area contributed by atoms with E-state index in [1.165, 1.54) is 52.0 Å². The van der Waals surface area contributed by atoms with Gasteiger partial charge in [-0.25, -0.2) is 0 Å². The molecule has 0 amide bonds. The van der Waals surface area contributed by atoms with Crippen molar-refractivity contribution < 1.29 is 0 Å². The number of fused-ring (bicyclic) bond motifs is 6. The summed E-state index contributed by atoms with van der Waals surface area (Å²) in [6.07, 6.45) is 0. The summed E-state index contributed by atoms with van der Waals surface area (Å²) in [5, 5.41) is 2.78. The van der Waals surface area contributed by atoms with Crippen molar-refractivity contribution in [3.8, 4) is 0 Å². The number of aromatic nitrogens is 2. The van der Waals surface area contributed by atoms with Crippen LogP contribution in [-0.4, -0.2) is 9.13 Å². The topological polar surface area (TPSA) is 9.86 Å². The Morgan fingerprint density at radius 3 is 1.55 bits per heavy atom. The van der Waals surface area contributed by atoms with Crippen LogP contribution in [0.15, 0.2) is 24.3 Å². The Morgan fingerprint density at radius 2 is 1.09 bits per heavy atom. The molecule has 5 rings (SSSR count). The molecule has 4 aromatic heterocycles. The van der Waals surface area contributed by atoms with Crippen LogP contribution in [0.3, 0.4) is 0 Å². The maximum Gasteiger partial charge on any atom is 0.0669 e. The average molecular weight is 324 g/mol. The minimum Gasteiger partial charge on any atom is -0.347 e. The van der Waals surface area contributed by atoms with E-state index in [1.807, 2.05) is 22.7 Å². The minimum atomic E-state index is 1.33. The van der Waals surface area contributed by atoms with Crippen molar-refractivity contribution >= 4 is 63.3 Å². The first kappa shape index (κ1) is 12.7. The lowest BCUT2D eigenvalue weighted by Crippen LogP contribution is -1.90. The van der Waals surface area contributed by atoms with E-state index in [-0.39, 0.29) is 0 Å². The molecule has 0 radical (unpaired) electrons. The summed E-state index contributed by atoms with van der Waals surface area (Å²) in [7, 11) is 4.34. The Bertz CT molecular complexity index is 1120. The van der Waals surface area contributed by atoms with Gasteiger partial charge >= 0.3 is 0 Å². The Kier molecular flexibility index (Phi) is 2.28. The summed E-state index contributed by atoms with van der Waals surface area (Å²) in [6, 6.07) is 9.39. The summed E-state index contributed by atoms with van der Waals surface area (Å²) in [6.45, 7) is 4.36. The van der Waals surface area contributed by atoms with Crippen LogP contribution in [-0.2, 0) is 14.1 Å². The van der Waals surface area contributed by atoms with Crippen molar-refractivity contribution in [3.63, 3.8) is 0 Å². The van der Waals surface area contributed by atoms with Crippen LogP contribution < -0.4 is 0 Å². The lowest BCUT2D eigenvalue weighted by molar-refractivity contribution is 0.921. The second-order valence-corrected chi connectivity index (χ2v) is 8.33. The summed E-state index contributed by atoms with van der Waals surface area (Å²) >= 11 is 3.82. The molecule has 0 aliphatic heterocycles. The van der Waals surface area contributed by atoms with E-state index in [1.54, 1.807) is 0 Å². The van der Waals surface area contributed by atoms with Crippen LogP contribution in [0.2, 0.25) is 0 Å². The number of nitrogens with zero attached hydrogens (tertiary/aromatic N) is 2. The highest BCUT2D eigenvalue weighted by atomic mass is 32.1. The molecule has 1 aromatic carbocycles. The third-order valence-electron chi connectivity index (χ3n) is 4.91. The molecule has 4 heteroatoms. The van der Waals surface area contributed by atoms with Gasteiger partial charge < -0.3 is 9.13 Å². The van der Waals surface area contributed by atoms with Gasteiger partial charge in [-0.05, 0) is 38.1 Å². The van der Waals surface area contributed by atoms with E-state index in [0.29, 0.717) is 0 Å². The Balaban J connectivity index is 2.04. The summed E-state index contributed by atoms with van der Waals surface area (Å²) < 4.78 is 10.2. The van der Waals surface area contributed by atoms with Gasteiger partial charge in [-0.3, -0.25) is 0 Å². The van der Waals surface area contributed by atoms with Gasteiger partial charge in [-0.1, -0.05) is 0 Å². The fraction of sp³-hybridized carbons (Fsp3) is 0.222. The Labute approximate surface area is 136 Å². The summed E-state index contributed by atoms with van der Waals surface area (Å²) in [5.41, 5.74) is 5.41. The van der Waals surface area contributed by atoms with Crippen molar-refractivity contribution in [2.45, 2.75) is 13.8 Å². The van der Waals surface area contributed by atoms with Gasteiger partial charge in [0.2, 0.25) is 0 Å². The van der Waals surface area contributed by atoms with Gasteiger partial charge in [-0.2, -0.15) is 0 Å². The summed E-state index contributed by atoms with van der Waals surface area (Å²) in [5.74, 6) is 0. The predicted octanol–water partition coefficient (Wildman–Crippen LogP) is 5.72. The van der Waals surface area contributed by atoms with Gasteiger partial charge in [0, 0.05) is 45.7 Å². The quantitative estimate of drug-likeness (QED) is 0.345. The Morgan fingerprint density at radius 1 is 0.636 bits per heavy atom. The zero-order chi connectivity index (χ0) is 15.2. The highest BCUT2D eigenvalue weighted by Gasteiger charge is 2.15. The molecule has 0 unspecified atom stereocenters. The van der Waals surface area contributed by atoms with E-state index < -0.39 is 0 Å². The van der Waals surface area contributed by atoms with E-state index in [9.17, 15) is 0 Å². The average Bonchev–Trinajstić information content (AvgIpc) is 3.13. The molecule has 110 valence electrons. The van der Waals surface area contributed by atoms with Crippen LogP contribution in [0, 0.1) is 13.8 Å². The van der Waals surface area contributed by atoms with E-state index >= 15 is 0 Å². The number of thiophene rings is 2. The number of hydrogen-bond acceptors (Lipinski definition) is 2. The normalized spacial score (nSPS) is 12.5.